The smallest absolute Gasteiger partial charge is 0.201 e. The van der Waals surface area contributed by atoms with E-state index in [0.717, 1.165) is 11.1 Å². The third kappa shape index (κ3) is 2.74. The third-order valence-corrected chi connectivity index (χ3v) is 3.06. The standard InChI is InChI=1S/C16H16N2O/c1-11-4-5-12-7-14(8-13(12)6-11)16(19)15(9-17)10-18(2)3/h4-6,8,10H,7H2,1-3H3. The van der Waals surface area contributed by atoms with E-state index in [4.69, 9.17) is 5.26 Å². The summed E-state index contributed by atoms with van der Waals surface area (Å²) in [7, 11) is 3.59. The van der Waals surface area contributed by atoms with Crippen molar-refractivity contribution in [3.8, 4) is 6.07 Å². The summed E-state index contributed by atoms with van der Waals surface area (Å²) in [4.78, 5) is 14.0. The normalized spacial score (nSPS) is 13.6. The zero-order valence-corrected chi connectivity index (χ0v) is 11.4. The Bertz CT molecular complexity index is 631. The second-order valence-electron chi connectivity index (χ2n) is 5.00. The average Bonchev–Trinajstić information content (AvgIpc) is 2.77. The first-order valence-corrected chi connectivity index (χ1v) is 6.14. The second kappa shape index (κ2) is 5.11. The van der Waals surface area contributed by atoms with Crippen LogP contribution in [0.5, 0.6) is 0 Å². The first-order chi connectivity index (χ1) is 9.01. The van der Waals surface area contributed by atoms with E-state index in [9.17, 15) is 4.79 Å². The van der Waals surface area contributed by atoms with Crippen LogP contribution >= 0.6 is 0 Å². The van der Waals surface area contributed by atoms with E-state index < -0.39 is 0 Å². The number of benzene rings is 1. The number of nitrogens with zero attached hydrogens (tertiary/aromatic N) is 2. The van der Waals surface area contributed by atoms with Gasteiger partial charge in [0.25, 0.3) is 0 Å². The second-order valence-corrected chi connectivity index (χ2v) is 5.00. The Labute approximate surface area is 113 Å². The molecule has 0 heterocycles. The maximum atomic E-state index is 12.3. The molecule has 0 spiro atoms. The summed E-state index contributed by atoms with van der Waals surface area (Å²) in [6.45, 7) is 2.03. The molecule has 0 aliphatic heterocycles. The third-order valence-electron chi connectivity index (χ3n) is 3.06. The minimum absolute atomic E-state index is 0.176. The predicted octanol–water partition coefficient (Wildman–Crippen LogP) is 2.47. The average molecular weight is 252 g/mol. The Kier molecular flexibility index (Phi) is 3.52. The van der Waals surface area contributed by atoms with Gasteiger partial charge >= 0.3 is 0 Å². The van der Waals surface area contributed by atoms with Crippen LogP contribution in [-0.2, 0) is 11.2 Å². The molecule has 0 saturated heterocycles. The number of hydrogen-bond donors (Lipinski definition) is 0. The summed E-state index contributed by atoms with van der Waals surface area (Å²) < 4.78 is 0. The van der Waals surface area contributed by atoms with Crippen molar-refractivity contribution in [2.75, 3.05) is 14.1 Å². The fourth-order valence-electron chi connectivity index (χ4n) is 2.17. The molecule has 19 heavy (non-hydrogen) atoms. The molecule has 0 atom stereocenters. The SMILES string of the molecule is Cc1ccc2c(c1)C=C(C(=O)C(C#N)=CN(C)C)C2. The van der Waals surface area contributed by atoms with E-state index in [1.165, 1.54) is 5.56 Å². The first kappa shape index (κ1) is 13.1. The summed E-state index contributed by atoms with van der Waals surface area (Å²) in [5.74, 6) is -0.176. The van der Waals surface area contributed by atoms with Gasteiger partial charge in [-0.05, 0) is 24.1 Å². The molecule has 1 aromatic carbocycles. The van der Waals surface area contributed by atoms with Gasteiger partial charge in [0.2, 0.25) is 5.78 Å². The molecule has 0 aromatic heterocycles. The Hall–Kier alpha value is -2.34. The van der Waals surface area contributed by atoms with E-state index in [1.807, 2.05) is 31.2 Å². The molecule has 2 rings (SSSR count). The van der Waals surface area contributed by atoms with Crippen LogP contribution in [0.15, 0.2) is 35.5 Å². The number of carbonyl (C=O) groups excluding carboxylic acids is 1. The number of nitriles is 1. The molecule has 0 fully saturated rings. The molecule has 3 nitrogen and oxygen atoms in total. The maximum absolute atomic E-state index is 12.3. The van der Waals surface area contributed by atoms with E-state index in [0.29, 0.717) is 12.0 Å². The van der Waals surface area contributed by atoms with Gasteiger partial charge < -0.3 is 4.90 Å². The highest BCUT2D eigenvalue weighted by atomic mass is 16.1. The van der Waals surface area contributed by atoms with Gasteiger partial charge in [0.1, 0.15) is 11.6 Å². The summed E-state index contributed by atoms with van der Waals surface area (Å²) in [5, 5.41) is 9.07. The number of rotatable bonds is 3. The van der Waals surface area contributed by atoms with E-state index in [2.05, 4.69) is 6.07 Å². The lowest BCUT2D eigenvalue weighted by Gasteiger charge is -2.06. The van der Waals surface area contributed by atoms with Crippen molar-refractivity contribution in [2.24, 2.45) is 0 Å². The summed E-state index contributed by atoms with van der Waals surface area (Å²) in [6.07, 6.45) is 4.07. The van der Waals surface area contributed by atoms with Gasteiger partial charge in [0.15, 0.2) is 0 Å². The highest BCUT2D eigenvalue weighted by molar-refractivity contribution is 6.14. The van der Waals surface area contributed by atoms with E-state index in [-0.39, 0.29) is 11.4 Å². The van der Waals surface area contributed by atoms with Crippen LogP contribution in [0.3, 0.4) is 0 Å². The van der Waals surface area contributed by atoms with Crippen LogP contribution in [-0.4, -0.2) is 24.8 Å². The Morgan fingerprint density at radius 1 is 1.42 bits per heavy atom. The lowest BCUT2D eigenvalue weighted by molar-refractivity contribution is -0.111. The number of allylic oxidation sites excluding steroid dienone is 2. The highest BCUT2D eigenvalue weighted by Gasteiger charge is 2.21. The molecule has 0 saturated carbocycles. The molecule has 0 amide bonds. The van der Waals surface area contributed by atoms with Crippen LogP contribution in [0.1, 0.15) is 16.7 Å². The quantitative estimate of drug-likeness (QED) is 0.613. The zero-order chi connectivity index (χ0) is 14.0. The number of ketones is 1. The van der Waals surface area contributed by atoms with Gasteiger partial charge in [-0.15, -0.1) is 0 Å². The van der Waals surface area contributed by atoms with Crippen LogP contribution < -0.4 is 0 Å². The Morgan fingerprint density at radius 3 is 2.79 bits per heavy atom. The van der Waals surface area contributed by atoms with Crippen molar-refractivity contribution >= 4 is 11.9 Å². The molecule has 1 aliphatic carbocycles. The number of hydrogen-bond acceptors (Lipinski definition) is 3. The van der Waals surface area contributed by atoms with Crippen LogP contribution in [0.4, 0.5) is 0 Å². The number of Topliss-reactive ketones (excluding diaryl/α,β-unsaturated/α-hetero) is 1. The number of fused-ring (bicyclic) bond motifs is 1. The Balaban J connectivity index is 2.29. The molecule has 1 aromatic rings. The van der Waals surface area contributed by atoms with Gasteiger partial charge in [0, 0.05) is 32.3 Å². The predicted molar refractivity (Wildman–Crippen MR) is 75.3 cm³/mol. The van der Waals surface area contributed by atoms with Gasteiger partial charge in [-0.25, -0.2) is 0 Å². The number of aryl methyl sites for hydroxylation is 1. The topological polar surface area (TPSA) is 44.1 Å². The molecule has 0 radical (unpaired) electrons. The molecular weight excluding hydrogens is 236 g/mol. The molecule has 3 heteroatoms. The van der Waals surface area contributed by atoms with Gasteiger partial charge in [-0.1, -0.05) is 23.8 Å². The Morgan fingerprint density at radius 2 is 2.16 bits per heavy atom. The molecule has 0 N–H and O–H groups in total. The maximum Gasteiger partial charge on any atom is 0.201 e. The van der Waals surface area contributed by atoms with E-state index in [1.54, 1.807) is 25.2 Å². The van der Waals surface area contributed by atoms with Crippen LogP contribution in [0.25, 0.3) is 6.08 Å². The summed E-state index contributed by atoms with van der Waals surface area (Å²) in [6, 6.07) is 8.13. The van der Waals surface area contributed by atoms with Crippen molar-refractivity contribution in [2.45, 2.75) is 13.3 Å². The first-order valence-electron chi connectivity index (χ1n) is 6.14. The zero-order valence-electron chi connectivity index (χ0n) is 11.4. The van der Waals surface area contributed by atoms with Crippen LogP contribution in [0.2, 0.25) is 0 Å². The van der Waals surface area contributed by atoms with Gasteiger partial charge in [0.05, 0.1) is 0 Å². The minimum Gasteiger partial charge on any atom is -0.382 e. The molecule has 0 unspecified atom stereocenters. The monoisotopic (exact) mass is 252 g/mol. The fraction of sp³-hybridized carbons (Fsp3) is 0.250. The highest BCUT2D eigenvalue weighted by Crippen LogP contribution is 2.27. The van der Waals surface area contributed by atoms with Crippen LogP contribution in [0, 0.1) is 18.3 Å². The number of carbonyl (C=O) groups is 1. The largest absolute Gasteiger partial charge is 0.382 e. The fourth-order valence-corrected chi connectivity index (χ4v) is 2.17. The molecule has 0 bridgehead atoms. The summed E-state index contributed by atoms with van der Waals surface area (Å²) >= 11 is 0. The van der Waals surface area contributed by atoms with Crippen molar-refractivity contribution in [3.05, 3.63) is 52.2 Å². The van der Waals surface area contributed by atoms with Gasteiger partial charge in [-0.2, -0.15) is 5.26 Å². The van der Waals surface area contributed by atoms with Crippen molar-refractivity contribution < 1.29 is 4.79 Å². The molecule has 1 aliphatic rings. The van der Waals surface area contributed by atoms with Crippen molar-refractivity contribution in [1.82, 2.24) is 4.90 Å². The van der Waals surface area contributed by atoms with Crippen molar-refractivity contribution in [3.63, 3.8) is 0 Å². The lowest BCUT2D eigenvalue weighted by Crippen LogP contribution is -2.10. The minimum atomic E-state index is -0.176. The summed E-state index contributed by atoms with van der Waals surface area (Å²) in [5.41, 5.74) is 4.28. The molecular formula is C16H16N2O. The lowest BCUT2D eigenvalue weighted by atomic mass is 10.0. The van der Waals surface area contributed by atoms with Crippen molar-refractivity contribution in [1.29, 1.82) is 5.26 Å². The molecule has 96 valence electrons. The van der Waals surface area contributed by atoms with Gasteiger partial charge in [-0.3, -0.25) is 4.79 Å². The van der Waals surface area contributed by atoms with E-state index >= 15 is 0 Å².